The lowest BCUT2D eigenvalue weighted by Gasteiger charge is -2.52. The third-order valence-corrected chi connectivity index (χ3v) is 9.45. The summed E-state index contributed by atoms with van der Waals surface area (Å²) in [7, 11) is 0. The first kappa shape index (κ1) is 23.9. The predicted molar refractivity (Wildman–Crippen MR) is 142 cm³/mol. The van der Waals surface area contributed by atoms with E-state index in [2.05, 4.69) is 24.2 Å². The molecule has 2 fully saturated rings. The molecule has 5 nitrogen and oxygen atoms in total. The van der Waals surface area contributed by atoms with Gasteiger partial charge in [0, 0.05) is 17.8 Å². The molecule has 190 valence electrons. The summed E-state index contributed by atoms with van der Waals surface area (Å²) in [5.41, 5.74) is 6.74. The Morgan fingerprint density at radius 1 is 1.03 bits per heavy atom. The van der Waals surface area contributed by atoms with Gasteiger partial charge in [0.05, 0.1) is 11.8 Å². The Morgan fingerprint density at radius 2 is 1.81 bits per heavy atom. The number of carbonyl (C=O) groups is 2. The van der Waals surface area contributed by atoms with Crippen LogP contribution < -0.4 is 0 Å². The van der Waals surface area contributed by atoms with Gasteiger partial charge in [-0.15, -0.1) is 0 Å². The summed E-state index contributed by atoms with van der Waals surface area (Å²) >= 11 is 0. The van der Waals surface area contributed by atoms with Gasteiger partial charge in [0.1, 0.15) is 6.10 Å². The lowest BCUT2D eigenvalue weighted by molar-refractivity contribution is -0.114. The molecule has 5 heteroatoms. The van der Waals surface area contributed by atoms with Crippen LogP contribution >= 0.6 is 0 Å². The minimum Gasteiger partial charge on any atom is -0.458 e. The molecule has 0 radical (unpaired) electrons. The molecule has 4 aliphatic rings. The molecule has 1 N–H and O–H groups in total. The summed E-state index contributed by atoms with van der Waals surface area (Å²) in [5, 5.41) is 12.1. The first-order valence-electron chi connectivity index (χ1n) is 13.5. The largest absolute Gasteiger partial charge is 0.458 e. The molecule has 0 bridgehead atoms. The smallest absolute Gasteiger partial charge is 0.338 e. The van der Waals surface area contributed by atoms with E-state index >= 15 is 0 Å². The highest BCUT2D eigenvalue weighted by Gasteiger charge is 2.58. The van der Waals surface area contributed by atoms with Gasteiger partial charge in [0.15, 0.2) is 5.78 Å². The van der Waals surface area contributed by atoms with Gasteiger partial charge in [-0.25, -0.2) is 4.79 Å². The van der Waals surface area contributed by atoms with Gasteiger partial charge < -0.3 is 9.94 Å². The number of nitrogens with zero attached hydrogens (tertiary/aromatic N) is 1. The van der Waals surface area contributed by atoms with Crippen molar-refractivity contribution < 1.29 is 19.5 Å². The first-order valence-corrected chi connectivity index (χ1v) is 13.5. The van der Waals surface area contributed by atoms with Crippen molar-refractivity contribution in [1.82, 2.24) is 0 Å². The normalized spacial score (nSPS) is 30.9. The van der Waals surface area contributed by atoms with E-state index in [0.29, 0.717) is 23.8 Å². The minimum atomic E-state index is -0.236. The molecule has 5 atom stereocenters. The van der Waals surface area contributed by atoms with Gasteiger partial charge in [0.2, 0.25) is 0 Å². The highest BCUT2D eigenvalue weighted by molar-refractivity contribution is 5.93. The number of allylic oxidation sites excluding steroid dienone is 4. The van der Waals surface area contributed by atoms with Gasteiger partial charge in [0.25, 0.3) is 0 Å². The second-order valence-electron chi connectivity index (χ2n) is 11.3. The van der Waals surface area contributed by atoms with E-state index in [0.717, 1.165) is 44.1 Å². The highest BCUT2D eigenvalue weighted by atomic mass is 16.5. The van der Waals surface area contributed by atoms with E-state index in [1.165, 1.54) is 28.5 Å². The Kier molecular flexibility index (Phi) is 6.10. The molecule has 0 aliphatic heterocycles. The van der Waals surface area contributed by atoms with Crippen LogP contribution in [0.4, 0.5) is 0 Å². The van der Waals surface area contributed by atoms with Crippen LogP contribution in [-0.2, 0) is 9.53 Å². The number of benzene rings is 2. The van der Waals surface area contributed by atoms with Crippen LogP contribution in [0.3, 0.4) is 0 Å². The Balaban J connectivity index is 1.40. The average Bonchev–Trinajstić information content (AvgIpc) is 3.24. The van der Waals surface area contributed by atoms with Crippen LogP contribution in [0.25, 0.3) is 0 Å². The molecule has 2 aromatic carbocycles. The van der Waals surface area contributed by atoms with E-state index in [9.17, 15) is 9.59 Å². The lowest BCUT2D eigenvalue weighted by Crippen LogP contribution is -2.46. The van der Waals surface area contributed by atoms with Gasteiger partial charge in [-0.05, 0) is 90.8 Å². The molecule has 0 spiro atoms. The van der Waals surface area contributed by atoms with Crippen LogP contribution in [-0.4, -0.2) is 29.3 Å². The van der Waals surface area contributed by atoms with E-state index in [1.807, 2.05) is 48.5 Å². The monoisotopic (exact) mass is 495 g/mol. The molecule has 6 rings (SSSR count). The zero-order chi connectivity index (χ0) is 25.6. The average molecular weight is 496 g/mol. The van der Waals surface area contributed by atoms with E-state index in [4.69, 9.17) is 9.94 Å². The van der Waals surface area contributed by atoms with Crippen molar-refractivity contribution in [3.63, 3.8) is 0 Å². The fourth-order valence-corrected chi connectivity index (χ4v) is 7.76. The number of hydrogen-bond acceptors (Lipinski definition) is 5. The lowest BCUT2D eigenvalue weighted by atomic mass is 9.53. The van der Waals surface area contributed by atoms with Gasteiger partial charge in [-0.1, -0.05) is 60.1 Å². The summed E-state index contributed by atoms with van der Waals surface area (Å²) in [6.45, 7) is 2.34. The molecule has 0 heterocycles. The summed E-state index contributed by atoms with van der Waals surface area (Å²) in [6, 6.07) is 17.6. The number of carbonyl (C=O) groups excluding carboxylic acids is 2. The number of rotatable bonds is 4. The summed E-state index contributed by atoms with van der Waals surface area (Å²) in [5.74, 6) is 1.11. The summed E-state index contributed by atoms with van der Waals surface area (Å²) < 4.78 is 6.25. The predicted octanol–water partition coefficient (Wildman–Crippen LogP) is 6.62. The number of esters is 1. The quantitative estimate of drug-likeness (QED) is 0.224. The Bertz CT molecular complexity index is 1310. The molecule has 0 saturated heterocycles. The molecule has 2 saturated carbocycles. The fraction of sp³-hybridized carbons (Fsp3) is 0.406. The Hall–Kier alpha value is -3.47. The number of hydrogen-bond donors (Lipinski definition) is 1. The molecule has 4 aliphatic carbocycles. The number of ketones is 1. The molecule has 37 heavy (non-hydrogen) atoms. The first-order chi connectivity index (χ1) is 18.0. The van der Waals surface area contributed by atoms with Gasteiger partial charge in [-0.3, -0.25) is 4.79 Å². The molecule has 0 amide bonds. The Morgan fingerprint density at radius 3 is 2.57 bits per heavy atom. The van der Waals surface area contributed by atoms with Crippen LogP contribution in [0.2, 0.25) is 0 Å². The van der Waals surface area contributed by atoms with E-state index in [-0.39, 0.29) is 29.2 Å². The standard InChI is InChI=1S/C32H33NO4/c1-32-18-27(21-9-7-20(8-10-21)19-33-36)30-25-14-12-24(34)17-23(25)11-13-26(30)28(32)15-16-29(32)37-31(35)22-5-3-2-4-6-22/h2-10,17,19,26-29,36H,11-16,18H2,1H3/b33-19+/t26?,27-,28?,29+,32+/m1/s1. The highest BCUT2D eigenvalue weighted by Crippen LogP contribution is 2.64. The number of oxime groups is 1. The molecular weight excluding hydrogens is 462 g/mol. The van der Waals surface area contributed by atoms with Crippen LogP contribution in [0.5, 0.6) is 0 Å². The maximum atomic E-state index is 13.1. The van der Waals surface area contributed by atoms with Crippen LogP contribution in [0, 0.1) is 17.3 Å². The molecule has 2 unspecified atom stereocenters. The minimum absolute atomic E-state index is 0.120. The third-order valence-electron chi connectivity index (χ3n) is 9.45. The van der Waals surface area contributed by atoms with Crippen molar-refractivity contribution in [3.8, 4) is 0 Å². The van der Waals surface area contributed by atoms with Crippen molar-refractivity contribution in [2.45, 2.75) is 63.9 Å². The SMILES string of the molecule is C[C@]12C[C@H](c3ccc(/C=N/O)cc3)C3=C4CCC(=O)C=C4CCC3C1CC[C@@H]2OC(=O)c1ccccc1. The van der Waals surface area contributed by atoms with E-state index in [1.54, 1.807) is 0 Å². The van der Waals surface area contributed by atoms with Crippen LogP contribution in [0.15, 0.2) is 82.5 Å². The van der Waals surface area contributed by atoms with Crippen LogP contribution in [0.1, 0.15) is 79.3 Å². The second kappa shape index (κ2) is 9.44. The van der Waals surface area contributed by atoms with Crippen molar-refractivity contribution >= 4 is 18.0 Å². The van der Waals surface area contributed by atoms with Crippen molar-refractivity contribution in [2.75, 3.05) is 0 Å². The van der Waals surface area contributed by atoms with Crippen molar-refractivity contribution in [3.05, 3.63) is 94.1 Å². The molecular formula is C32H33NO4. The topological polar surface area (TPSA) is 76.0 Å². The van der Waals surface area contributed by atoms with Gasteiger partial charge >= 0.3 is 5.97 Å². The summed E-state index contributed by atoms with van der Waals surface area (Å²) in [4.78, 5) is 25.3. The number of ether oxygens (including phenoxy) is 1. The van der Waals surface area contributed by atoms with Crippen molar-refractivity contribution in [2.24, 2.45) is 22.4 Å². The second-order valence-corrected chi connectivity index (χ2v) is 11.3. The zero-order valence-corrected chi connectivity index (χ0v) is 21.2. The fourth-order valence-electron chi connectivity index (χ4n) is 7.76. The zero-order valence-electron chi connectivity index (χ0n) is 21.2. The molecule has 2 aromatic rings. The van der Waals surface area contributed by atoms with Crippen molar-refractivity contribution in [1.29, 1.82) is 0 Å². The maximum Gasteiger partial charge on any atom is 0.338 e. The molecule has 0 aromatic heterocycles. The maximum absolute atomic E-state index is 13.1. The number of fused-ring (bicyclic) bond motifs is 4. The van der Waals surface area contributed by atoms with Gasteiger partial charge in [-0.2, -0.15) is 0 Å². The summed E-state index contributed by atoms with van der Waals surface area (Å²) in [6.07, 6.45) is 9.49. The third kappa shape index (κ3) is 4.14. The van der Waals surface area contributed by atoms with E-state index < -0.39 is 0 Å². The Labute approximate surface area is 217 Å².